The van der Waals surface area contributed by atoms with Gasteiger partial charge in [-0.25, -0.2) is 14.8 Å². The van der Waals surface area contributed by atoms with E-state index in [1.54, 1.807) is 0 Å². The van der Waals surface area contributed by atoms with Crippen LogP contribution < -0.4 is 4.90 Å². The van der Waals surface area contributed by atoms with Crippen molar-refractivity contribution >= 4 is 23.5 Å². The number of rotatable bonds is 2. The Morgan fingerprint density at radius 2 is 1.63 bits per heavy atom. The normalized spacial score (nSPS) is 20.0. The maximum Gasteiger partial charge on any atom is 0.410 e. The predicted octanol–water partition coefficient (Wildman–Crippen LogP) is 4.30. The fourth-order valence-corrected chi connectivity index (χ4v) is 4.38. The highest BCUT2D eigenvalue weighted by Crippen LogP contribution is 2.34. The molecule has 0 radical (unpaired) electrons. The van der Waals surface area contributed by atoms with E-state index < -0.39 is 5.60 Å². The van der Waals surface area contributed by atoms with Crippen molar-refractivity contribution in [1.29, 1.82) is 0 Å². The van der Waals surface area contributed by atoms with E-state index in [9.17, 15) is 4.79 Å². The summed E-state index contributed by atoms with van der Waals surface area (Å²) in [6, 6.07) is 2.01. The van der Waals surface area contributed by atoms with Crippen LogP contribution in [0.25, 0.3) is 0 Å². The second kappa shape index (κ2) is 8.21. The number of anilines is 1. The van der Waals surface area contributed by atoms with Crippen molar-refractivity contribution in [2.24, 2.45) is 11.8 Å². The third-order valence-electron chi connectivity index (χ3n) is 5.53. The SMILES string of the molecule is Cc1cc(N2CCC(C3CCN(C(=O)OC(C)(C)C)CC3)CC2)nc(Cl)n1. The van der Waals surface area contributed by atoms with Gasteiger partial charge in [0.2, 0.25) is 5.28 Å². The van der Waals surface area contributed by atoms with Crippen LogP contribution in [0.3, 0.4) is 0 Å². The summed E-state index contributed by atoms with van der Waals surface area (Å²) in [7, 11) is 0. The summed E-state index contributed by atoms with van der Waals surface area (Å²) in [4.78, 5) is 24.9. The van der Waals surface area contributed by atoms with Crippen molar-refractivity contribution in [2.75, 3.05) is 31.1 Å². The number of carbonyl (C=O) groups excluding carboxylic acids is 1. The summed E-state index contributed by atoms with van der Waals surface area (Å²) in [5.41, 5.74) is 0.477. The zero-order valence-corrected chi connectivity index (χ0v) is 17.6. The van der Waals surface area contributed by atoms with Crippen molar-refractivity contribution in [3.8, 4) is 0 Å². The van der Waals surface area contributed by atoms with E-state index in [-0.39, 0.29) is 6.09 Å². The molecule has 0 bridgehead atoms. The number of ether oxygens (including phenoxy) is 1. The lowest BCUT2D eigenvalue weighted by atomic mass is 9.79. The summed E-state index contributed by atoms with van der Waals surface area (Å²) >= 11 is 6.01. The third kappa shape index (κ3) is 5.47. The van der Waals surface area contributed by atoms with Crippen LogP contribution in [-0.4, -0.2) is 52.7 Å². The number of halogens is 1. The highest BCUT2D eigenvalue weighted by molar-refractivity contribution is 6.28. The molecule has 2 saturated heterocycles. The Morgan fingerprint density at radius 1 is 1.07 bits per heavy atom. The van der Waals surface area contributed by atoms with E-state index >= 15 is 0 Å². The van der Waals surface area contributed by atoms with Crippen molar-refractivity contribution in [3.63, 3.8) is 0 Å². The van der Waals surface area contributed by atoms with Gasteiger partial charge < -0.3 is 14.5 Å². The molecule has 0 spiro atoms. The topological polar surface area (TPSA) is 58.6 Å². The van der Waals surface area contributed by atoms with Gasteiger partial charge in [0.1, 0.15) is 11.4 Å². The van der Waals surface area contributed by atoms with Gasteiger partial charge in [-0.3, -0.25) is 0 Å². The maximum atomic E-state index is 12.2. The molecule has 7 heteroatoms. The predicted molar refractivity (Wildman–Crippen MR) is 107 cm³/mol. The number of hydrogen-bond donors (Lipinski definition) is 0. The molecule has 0 unspecified atom stereocenters. The molecule has 2 aliphatic rings. The van der Waals surface area contributed by atoms with Gasteiger partial charge in [-0.15, -0.1) is 0 Å². The highest BCUT2D eigenvalue weighted by Gasteiger charge is 2.32. The number of nitrogens with zero attached hydrogens (tertiary/aromatic N) is 4. The average Bonchev–Trinajstić information content (AvgIpc) is 2.60. The largest absolute Gasteiger partial charge is 0.444 e. The number of hydrogen-bond acceptors (Lipinski definition) is 5. The first-order chi connectivity index (χ1) is 12.7. The van der Waals surface area contributed by atoms with Gasteiger partial charge in [0.15, 0.2) is 0 Å². The van der Waals surface area contributed by atoms with Gasteiger partial charge >= 0.3 is 6.09 Å². The molecule has 2 fully saturated rings. The Kier molecular flexibility index (Phi) is 6.14. The first-order valence-electron chi connectivity index (χ1n) is 9.95. The molecule has 1 aromatic heterocycles. The number of amides is 1. The number of aryl methyl sites for hydroxylation is 1. The van der Waals surface area contributed by atoms with Crippen LogP contribution in [0.2, 0.25) is 5.28 Å². The molecule has 27 heavy (non-hydrogen) atoms. The molecule has 2 aliphatic heterocycles. The van der Waals surface area contributed by atoms with Crippen LogP contribution >= 0.6 is 11.6 Å². The Balaban J connectivity index is 1.48. The lowest BCUT2D eigenvalue weighted by Crippen LogP contribution is -2.44. The van der Waals surface area contributed by atoms with Gasteiger partial charge in [0.05, 0.1) is 0 Å². The molecule has 150 valence electrons. The minimum atomic E-state index is -0.428. The minimum absolute atomic E-state index is 0.174. The summed E-state index contributed by atoms with van der Waals surface area (Å²) in [5.74, 6) is 2.35. The monoisotopic (exact) mass is 394 g/mol. The van der Waals surface area contributed by atoms with Crippen LogP contribution in [0.15, 0.2) is 6.07 Å². The molecule has 0 aromatic carbocycles. The lowest BCUT2D eigenvalue weighted by molar-refractivity contribution is 0.0152. The van der Waals surface area contributed by atoms with E-state index in [1.165, 1.54) is 0 Å². The van der Waals surface area contributed by atoms with Crippen LogP contribution in [0.5, 0.6) is 0 Å². The fourth-order valence-electron chi connectivity index (χ4n) is 4.16. The van der Waals surface area contributed by atoms with Crippen molar-refractivity contribution in [3.05, 3.63) is 17.0 Å². The summed E-state index contributed by atoms with van der Waals surface area (Å²) in [6.45, 7) is 11.3. The van der Waals surface area contributed by atoms with Gasteiger partial charge in [-0.1, -0.05) is 0 Å². The summed E-state index contributed by atoms with van der Waals surface area (Å²) < 4.78 is 5.50. The number of likely N-dealkylation sites (tertiary alicyclic amines) is 1. The summed E-state index contributed by atoms with van der Waals surface area (Å²) in [5, 5.41) is 0.321. The van der Waals surface area contributed by atoms with E-state index in [4.69, 9.17) is 16.3 Å². The van der Waals surface area contributed by atoms with Crippen molar-refractivity contribution in [1.82, 2.24) is 14.9 Å². The molecular formula is C20H31ClN4O2. The Bertz CT molecular complexity index is 640. The Hall–Kier alpha value is -1.56. The van der Waals surface area contributed by atoms with Crippen molar-refractivity contribution in [2.45, 2.75) is 59.0 Å². The molecule has 3 rings (SSSR count). The summed E-state index contributed by atoms with van der Waals surface area (Å²) in [6.07, 6.45) is 4.30. The molecule has 0 atom stereocenters. The van der Waals surface area contributed by atoms with Crippen molar-refractivity contribution < 1.29 is 9.53 Å². The maximum absolute atomic E-state index is 12.2. The Labute approximate surface area is 167 Å². The van der Waals surface area contributed by atoms with Gasteiger partial charge in [-0.2, -0.15) is 0 Å². The van der Waals surface area contributed by atoms with Crippen LogP contribution in [0.4, 0.5) is 10.6 Å². The molecule has 0 saturated carbocycles. The molecule has 1 aromatic rings. The van der Waals surface area contributed by atoms with Crippen LogP contribution in [0.1, 0.15) is 52.1 Å². The molecule has 6 nitrogen and oxygen atoms in total. The second-order valence-corrected chi connectivity index (χ2v) is 9.10. The molecule has 0 aliphatic carbocycles. The van der Waals surface area contributed by atoms with Gasteiger partial charge in [-0.05, 0) is 76.8 Å². The van der Waals surface area contributed by atoms with E-state index in [2.05, 4.69) is 14.9 Å². The molecular weight excluding hydrogens is 364 g/mol. The van der Waals surface area contributed by atoms with E-state index in [1.807, 2.05) is 38.7 Å². The van der Waals surface area contributed by atoms with Crippen LogP contribution in [-0.2, 0) is 4.74 Å². The number of carbonyl (C=O) groups is 1. The van der Waals surface area contributed by atoms with Gasteiger partial charge in [0, 0.05) is 37.9 Å². The second-order valence-electron chi connectivity index (χ2n) is 8.77. The van der Waals surface area contributed by atoms with E-state index in [0.717, 1.165) is 69.3 Å². The first-order valence-corrected chi connectivity index (χ1v) is 10.3. The quantitative estimate of drug-likeness (QED) is 0.700. The molecule has 0 N–H and O–H groups in total. The zero-order valence-electron chi connectivity index (χ0n) is 16.9. The zero-order chi connectivity index (χ0) is 19.6. The highest BCUT2D eigenvalue weighted by atomic mass is 35.5. The minimum Gasteiger partial charge on any atom is -0.444 e. The molecule has 3 heterocycles. The van der Waals surface area contributed by atoms with Gasteiger partial charge in [0.25, 0.3) is 0 Å². The number of aromatic nitrogens is 2. The average molecular weight is 395 g/mol. The standard InChI is InChI=1S/C20H31ClN4O2/c1-14-13-17(23-18(21)22-14)24-9-5-15(6-10-24)16-7-11-25(12-8-16)19(26)27-20(2,3)4/h13,15-16H,5-12H2,1-4H3. The van der Waals surface area contributed by atoms with E-state index in [0.29, 0.717) is 11.2 Å². The Morgan fingerprint density at radius 3 is 2.15 bits per heavy atom. The molecule has 1 amide bonds. The fraction of sp³-hybridized carbons (Fsp3) is 0.750. The number of piperidine rings is 2. The lowest BCUT2D eigenvalue weighted by Gasteiger charge is -2.40. The third-order valence-corrected chi connectivity index (χ3v) is 5.70. The van der Waals surface area contributed by atoms with Crippen LogP contribution in [0, 0.1) is 18.8 Å². The first kappa shape index (κ1) is 20.2. The smallest absolute Gasteiger partial charge is 0.410 e.